The van der Waals surface area contributed by atoms with E-state index in [0.717, 1.165) is 29.1 Å². The van der Waals surface area contributed by atoms with Crippen molar-refractivity contribution in [1.82, 2.24) is 14.7 Å². The standard InChI is InChI=1S/C21H24N4O2/c1-2-21-23-11-12-25(21)19(15-22)18-14-20(27-24-18)17-9-7-16(8-10-17)6-4-3-5-13-26/h7-12,14,19,26H,2-3,5,13,15,22H2,1H3. The first-order valence-corrected chi connectivity index (χ1v) is 9.15. The van der Waals surface area contributed by atoms with E-state index in [1.165, 1.54) is 0 Å². The maximum absolute atomic E-state index is 8.78. The van der Waals surface area contributed by atoms with Crippen molar-refractivity contribution in [3.8, 4) is 23.2 Å². The van der Waals surface area contributed by atoms with Crippen LogP contribution in [0.5, 0.6) is 0 Å². The summed E-state index contributed by atoms with van der Waals surface area (Å²) < 4.78 is 7.60. The second-order valence-electron chi connectivity index (χ2n) is 6.18. The summed E-state index contributed by atoms with van der Waals surface area (Å²) in [5, 5.41) is 13.0. The SMILES string of the molecule is CCc1nccn1C(CN)c1cc(-c2ccc(C#CCCCO)cc2)on1. The lowest BCUT2D eigenvalue weighted by molar-refractivity contribution is 0.290. The monoisotopic (exact) mass is 364 g/mol. The molecule has 3 aromatic rings. The Kier molecular flexibility index (Phi) is 6.42. The molecule has 3 N–H and O–H groups in total. The van der Waals surface area contributed by atoms with Crippen molar-refractivity contribution in [3.63, 3.8) is 0 Å². The summed E-state index contributed by atoms with van der Waals surface area (Å²) in [6.45, 7) is 2.65. The Hall–Kier alpha value is -2.88. The number of imidazole rings is 1. The van der Waals surface area contributed by atoms with E-state index in [9.17, 15) is 0 Å². The van der Waals surface area contributed by atoms with Gasteiger partial charge in [0.2, 0.25) is 0 Å². The Labute approximate surface area is 159 Å². The van der Waals surface area contributed by atoms with Crippen LogP contribution in [0.25, 0.3) is 11.3 Å². The van der Waals surface area contributed by atoms with E-state index >= 15 is 0 Å². The minimum atomic E-state index is -0.100. The summed E-state index contributed by atoms with van der Waals surface area (Å²) in [5.74, 6) is 7.80. The maximum Gasteiger partial charge on any atom is 0.167 e. The highest BCUT2D eigenvalue weighted by atomic mass is 16.5. The van der Waals surface area contributed by atoms with E-state index in [2.05, 4.69) is 28.9 Å². The minimum Gasteiger partial charge on any atom is -0.396 e. The van der Waals surface area contributed by atoms with Crippen molar-refractivity contribution in [2.45, 2.75) is 32.2 Å². The van der Waals surface area contributed by atoms with Crippen LogP contribution in [0.3, 0.4) is 0 Å². The quantitative estimate of drug-likeness (QED) is 0.497. The smallest absolute Gasteiger partial charge is 0.167 e. The number of aliphatic hydroxyl groups excluding tert-OH is 1. The molecule has 1 aromatic carbocycles. The van der Waals surface area contributed by atoms with Gasteiger partial charge in [-0.3, -0.25) is 0 Å². The second-order valence-corrected chi connectivity index (χ2v) is 6.18. The highest BCUT2D eigenvalue weighted by Crippen LogP contribution is 2.25. The number of aryl methyl sites for hydroxylation is 1. The lowest BCUT2D eigenvalue weighted by Crippen LogP contribution is -2.21. The van der Waals surface area contributed by atoms with Gasteiger partial charge in [-0.2, -0.15) is 0 Å². The van der Waals surface area contributed by atoms with Crippen LogP contribution < -0.4 is 5.73 Å². The molecule has 2 aromatic heterocycles. The van der Waals surface area contributed by atoms with Crippen molar-refractivity contribution in [2.24, 2.45) is 5.73 Å². The maximum atomic E-state index is 8.78. The molecule has 0 radical (unpaired) electrons. The van der Waals surface area contributed by atoms with Crippen LogP contribution in [-0.4, -0.2) is 33.0 Å². The molecule has 1 atom stereocenters. The van der Waals surface area contributed by atoms with E-state index in [1.54, 1.807) is 6.20 Å². The summed E-state index contributed by atoms with van der Waals surface area (Å²) in [7, 11) is 0. The molecule has 1 unspecified atom stereocenters. The lowest BCUT2D eigenvalue weighted by atomic mass is 10.1. The third kappa shape index (κ3) is 4.45. The van der Waals surface area contributed by atoms with Crippen molar-refractivity contribution in [3.05, 3.63) is 59.8 Å². The number of benzene rings is 1. The van der Waals surface area contributed by atoms with Crippen LogP contribution >= 0.6 is 0 Å². The van der Waals surface area contributed by atoms with Gasteiger partial charge in [-0.1, -0.05) is 23.9 Å². The first-order valence-electron chi connectivity index (χ1n) is 9.15. The second kappa shape index (κ2) is 9.17. The molecule has 27 heavy (non-hydrogen) atoms. The summed E-state index contributed by atoms with van der Waals surface area (Å²) in [6, 6.07) is 9.67. The highest BCUT2D eigenvalue weighted by molar-refractivity contribution is 5.59. The molecular formula is C21H24N4O2. The Morgan fingerprint density at radius 3 is 2.81 bits per heavy atom. The van der Waals surface area contributed by atoms with E-state index in [-0.39, 0.29) is 12.6 Å². The molecule has 6 nitrogen and oxygen atoms in total. The fourth-order valence-electron chi connectivity index (χ4n) is 2.91. The molecule has 0 bridgehead atoms. The highest BCUT2D eigenvalue weighted by Gasteiger charge is 2.19. The van der Waals surface area contributed by atoms with E-state index in [0.29, 0.717) is 25.1 Å². The summed E-state index contributed by atoms with van der Waals surface area (Å²) in [5.41, 5.74) is 8.65. The Morgan fingerprint density at radius 1 is 1.30 bits per heavy atom. The summed E-state index contributed by atoms with van der Waals surface area (Å²) in [6.07, 6.45) is 5.93. The Morgan fingerprint density at radius 2 is 2.11 bits per heavy atom. The molecule has 3 rings (SSSR count). The molecule has 0 aliphatic carbocycles. The van der Waals surface area contributed by atoms with Gasteiger partial charge < -0.3 is 19.9 Å². The van der Waals surface area contributed by atoms with E-state index in [1.807, 2.05) is 41.1 Å². The summed E-state index contributed by atoms with van der Waals surface area (Å²) >= 11 is 0. The molecule has 0 fully saturated rings. The summed E-state index contributed by atoms with van der Waals surface area (Å²) in [4.78, 5) is 4.36. The van der Waals surface area contributed by atoms with Gasteiger partial charge in [0.1, 0.15) is 11.5 Å². The number of nitrogens with zero attached hydrogens (tertiary/aromatic N) is 3. The molecule has 2 heterocycles. The van der Waals surface area contributed by atoms with E-state index in [4.69, 9.17) is 15.4 Å². The normalized spacial score (nSPS) is 11.8. The number of hydrogen-bond donors (Lipinski definition) is 2. The molecule has 140 valence electrons. The van der Waals surface area contributed by atoms with Crippen molar-refractivity contribution in [2.75, 3.05) is 13.2 Å². The van der Waals surface area contributed by atoms with Gasteiger partial charge in [0.15, 0.2) is 5.76 Å². The molecule has 0 amide bonds. The van der Waals surface area contributed by atoms with Crippen LogP contribution in [0.15, 0.2) is 47.2 Å². The molecule has 0 aliphatic rings. The van der Waals surface area contributed by atoms with Gasteiger partial charge in [-0.25, -0.2) is 4.98 Å². The van der Waals surface area contributed by atoms with Crippen molar-refractivity contribution < 1.29 is 9.63 Å². The van der Waals surface area contributed by atoms with Gasteiger partial charge in [-0.15, -0.1) is 0 Å². The number of nitrogens with two attached hydrogens (primary N) is 1. The van der Waals surface area contributed by atoms with Gasteiger partial charge in [0.05, 0.1) is 6.04 Å². The average Bonchev–Trinajstić information content (AvgIpc) is 3.37. The predicted octanol–water partition coefficient (Wildman–Crippen LogP) is 2.77. The third-order valence-electron chi connectivity index (χ3n) is 4.36. The predicted molar refractivity (Wildman–Crippen MR) is 104 cm³/mol. The van der Waals surface area contributed by atoms with Gasteiger partial charge in [0, 0.05) is 55.6 Å². The zero-order valence-electron chi connectivity index (χ0n) is 15.4. The topological polar surface area (TPSA) is 90.1 Å². The zero-order chi connectivity index (χ0) is 19.1. The minimum absolute atomic E-state index is 0.100. The fraction of sp³-hybridized carbons (Fsp3) is 0.333. The Balaban J connectivity index is 1.77. The first-order chi connectivity index (χ1) is 13.3. The number of aliphatic hydroxyl groups is 1. The van der Waals surface area contributed by atoms with Crippen LogP contribution in [0.4, 0.5) is 0 Å². The molecule has 0 saturated heterocycles. The van der Waals surface area contributed by atoms with Crippen molar-refractivity contribution >= 4 is 0 Å². The van der Waals surface area contributed by atoms with Gasteiger partial charge in [0.25, 0.3) is 0 Å². The van der Waals surface area contributed by atoms with Crippen LogP contribution in [0.1, 0.15) is 42.9 Å². The van der Waals surface area contributed by atoms with E-state index < -0.39 is 0 Å². The molecule has 6 heteroatoms. The largest absolute Gasteiger partial charge is 0.396 e. The lowest BCUT2D eigenvalue weighted by Gasteiger charge is -2.15. The van der Waals surface area contributed by atoms with Crippen molar-refractivity contribution in [1.29, 1.82) is 0 Å². The number of unbranched alkanes of at least 4 members (excludes halogenated alkanes) is 1. The zero-order valence-corrected chi connectivity index (χ0v) is 15.4. The van der Waals surface area contributed by atoms with Crippen LogP contribution in [0, 0.1) is 11.8 Å². The third-order valence-corrected chi connectivity index (χ3v) is 4.36. The molecule has 0 spiro atoms. The molecule has 0 saturated carbocycles. The van der Waals surface area contributed by atoms with Gasteiger partial charge >= 0.3 is 0 Å². The molecular weight excluding hydrogens is 340 g/mol. The molecule has 0 aliphatic heterocycles. The first kappa shape index (κ1) is 18.9. The number of hydrogen-bond acceptors (Lipinski definition) is 5. The average molecular weight is 364 g/mol. The Bertz CT molecular complexity index is 916. The fourth-order valence-corrected chi connectivity index (χ4v) is 2.91. The van der Waals surface area contributed by atoms with Crippen LogP contribution in [-0.2, 0) is 6.42 Å². The number of rotatable bonds is 7. The van der Waals surface area contributed by atoms with Gasteiger partial charge in [-0.05, 0) is 30.7 Å². The number of aromatic nitrogens is 3. The van der Waals surface area contributed by atoms with Crippen LogP contribution in [0.2, 0.25) is 0 Å².